The van der Waals surface area contributed by atoms with Crippen molar-refractivity contribution >= 4 is 17.4 Å². The molecule has 2 aromatic carbocycles. The molecule has 6 nitrogen and oxygen atoms in total. The third-order valence-electron chi connectivity index (χ3n) is 5.41. The van der Waals surface area contributed by atoms with E-state index in [1.807, 2.05) is 57.1 Å². The first-order chi connectivity index (χ1) is 14.2. The number of ketones is 1. The van der Waals surface area contributed by atoms with Crippen LogP contribution in [0.25, 0.3) is 5.76 Å². The van der Waals surface area contributed by atoms with Crippen molar-refractivity contribution in [3.05, 3.63) is 70.3 Å². The van der Waals surface area contributed by atoms with Gasteiger partial charge in [-0.05, 0) is 57.3 Å². The number of ether oxygens (including phenoxy) is 1. The van der Waals surface area contributed by atoms with Crippen LogP contribution in [-0.2, 0) is 9.59 Å². The second-order valence-corrected chi connectivity index (χ2v) is 7.89. The Balaban J connectivity index is 2.16. The second kappa shape index (κ2) is 8.71. The summed E-state index contributed by atoms with van der Waals surface area (Å²) in [6.45, 7) is 4.81. The van der Waals surface area contributed by atoms with Crippen LogP contribution in [0.5, 0.6) is 5.75 Å². The van der Waals surface area contributed by atoms with Crippen LogP contribution in [0.15, 0.2) is 48.0 Å². The number of methoxy groups -OCH3 is 1. The number of likely N-dealkylation sites (N-methyl/N-ethyl adjacent to an activating group) is 1. The summed E-state index contributed by atoms with van der Waals surface area (Å²) in [4.78, 5) is 29.4. The summed E-state index contributed by atoms with van der Waals surface area (Å²) in [5.41, 5.74) is 3.27. The van der Waals surface area contributed by atoms with Gasteiger partial charge in [0.2, 0.25) is 0 Å². The normalized spacial score (nSPS) is 18.3. The molecule has 1 N–H and O–H groups in total. The van der Waals surface area contributed by atoms with E-state index in [0.29, 0.717) is 24.4 Å². The van der Waals surface area contributed by atoms with Crippen LogP contribution in [0.1, 0.15) is 28.3 Å². The fraction of sp³-hybridized carbons (Fsp3) is 0.333. The summed E-state index contributed by atoms with van der Waals surface area (Å²) in [6, 6.07) is 12.3. The Bertz CT molecular complexity index is 993. The Labute approximate surface area is 177 Å². The molecule has 1 aliphatic heterocycles. The maximum absolute atomic E-state index is 13.0. The van der Waals surface area contributed by atoms with Gasteiger partial charge in [0.05, 0.1) is 18.7 Å². The smallest absolute Gasteiger partial charge is 0.295 e. The summed E-state index contributed by atoms with van der Waals surface area (Å²) in [6.07, 6.45) is 0. The molecule has 0 aromatic heterocycles. The molecule has 30 heavy (non-hydrogen) atoms. The minimum atomic E-state index is -0.660. The van der Waals surface area contributed by atoms with E-state index in [2.05, 4.69) is 0 Å². The van der Waals surface area contributed by atoms with E-state index in [9.17, 15) is 14.7 Å². The standard InChI is InChI=1S/C24H28N2O4/c1-15-6-8-17(9-7-15)21-20(23(28)24(29)26(21)13-12-25(3)4)22(27)19-11-10-18(30-5)14-16(19)2/h6-11,14,21,27H,12-13H2,1-5H3/t21-/m0/s1. The van der Waals surface area contributed by atoms with Gasteiger partial charge in [0.15, 0.2) is 0 Å². The molecule has 0 spiro atoms. The number of hydrogen-bond donors (Lipinski definition) is 1. The summed E-state index contributed by atoms with van der Waals surface area (Å²) >= 11 is 0. The van der Waals surface area contributed by atoms with Gasteiger partial charge in [-0.2, -0.15) is 0 Å². The lowest BCUT2D eigenvalue weighted by atomic mass is 9.93. The Morgan fingerprint density at radius 3 is 2.33 bits per heavy atom. The molecule has 1 amide bonds. The van der Waals surface area contributed by atoms with Gasteiger partial charge in [-0.1, -0.05) is 29.8 Å². The van der Waals surface area contributed by atoms with Crippen molar-refractivity contribution in [1.82, 2.24) is 9.80 Å². The van der Waals surface area contributed by atoms with E-state index in [1.54, 1.807) is 30.2 Å². The molecule has 0 saturated carbocycles. The zero-order valence-electron chi connectivity index (χ0n) is 18.1. The number of carbonyl (C=O) groups is 2. The van der Waals surface area contributed by atoms with Crippen LogP contribution < -0.4 is 4.74 Å². The van der Waals surface area contributed by atoms with Crippen molar-refractivity contribution in [3.8, 4) is 5.75 Å². The maximum atomic E-state index is 13.0. The largest absolute Gasteiger partial charge is 0.507 e. The first-order valence-corrected chi connectivity index (χ1v) is 9.89. The molecule has 3 rings (SSSR count). The SMILES string of the molecule is COc1ccc(C(O)=C2C(=O)C(=O)N(CCN(C)C)[C@H]2c2ccc(C)cc2)c(C)c1. The molecule has 158 valence electrons. The number of hydrogen-bond acceptors (Lipinski definition) is 5. The van der Waals surface area contributed by atoms with Crippen molar-refractivity contribution in [2.24, 2.45) is 0 Å². The van der Waals surface area contributed by atoms with Crippen LogP contribution in [0.4, 0.5) is 0 Å². The molecule has 1 atom stereocenters. The van der Waals surface area contributed by atoms with Gasteiger partial charge in [0.25, 0.3) is 11.7 Å². The number of aliphatic hydroxyl groups is 1. The van der Waals surface area contributed by atoms with E-state index in [1.165, 1.54) is 0 Å². The van der Waals surface area contributed by atoms with Crippen LogP contribution in [0.3, 0.4) is 0 Å². The lowest BCUT2D eigenvalue weighted by molar-refractivity contribution is -0.140. The van der Waals surface area contributed by atoms with Gasteiger partial charge in [0.1, 0.15) is 11.5 Å². The number of aliphatic hydroxyl groups excluding tert-OH is 1. The maximum Gasteiger partial charge on any atom is 0.295 e. The number of rotatable bonds is 6. The van der Waals surface area contributed by atoms with E-state index in [0.717, 1.165) is 16.7 Å². The van der Waals surface area contributed by atoms with Gasteiger partial charge in [-0.25, -0.2) is 0 Å². The molecular formula is C24H28N2O4. The number of Topliss-reactive ketones (excluding diaryl/α,β-unsaturated/α-hetero) is 1. The predicted molar refractivity (Wildman–Crippen MR) is 116 cm³/mol. The van der Waals surface area contributed by atoms with Crippen LogP contribution in [-0.4, -0.2) is 60.9 Å². The summed E-state index contributed by atoms with van der Waals surface area (Å²) in [5, 5.41) is 11.2. The van der Waals surface area contributed by atoms with Crippen molar-refractivity contribution in [2.75, 3.05) is 34.3 Å². The molecule has 2 aromatic rings. The summed E-state index contributed by atoms with van der Waals surface area (Å²) in [7, 11) is 5.40. The Hall–Kier alpha value is -3.12. The summed E-state index contributed by atoms with van der Waals surface area (Å²) in [5.74, 6) is -0.751. The average molecular weight is 408 g/mol. The summed E-state index contributed by atoms with van der Waals surface area (Å²) < 4.78 is 5.23. The molecule has 0 radical (unpaired) electrons. The average Bonchev–Trinajstić information content (AvgIpc) is 2.96. The topological polar surface area (TPSA) is 70.1 Å². The Morgan fingerprint density at radius 2 is 1.77 bits per heavy atom. The number of amides is 1. The molecule has 0 bridgehead atoms. The van der Waals surface area contributed by atoms with Gasteiger partial charge in [-0.3, -0.25) is 9.59 Å². The number of aryl methyl sites for hydroxylation is 2. The van der Waals surface area contributed by atoms with Crippen molar-refractivity contribution < 1.29 is 19.4 Å². The second-order valence-electron chi connectivity index (χ2n) is 7.89. The van der Waals surface area contributed by atoms with Crippen molar-refractivity contribution in [1.29, 1.82) is 0 Å². The van der Waals surface area contributed by atoms with Gasteiger partial charge in [0, 0.05) is 18.7 Å². The fourth-order valence-electron chi connectivity index (χ4n) is 3.69. The molecular weight excluding hydrogens is 380 g/mol. The third kappa shape index (κ3) is 4.09. The van der Waals surface area contributed by atoms with Crippen LogP contribution >= 0.6 is 0 Å². The number of nitrogens with zero attached hydrogens (tertiary/aromatic N) is 2. The first-order valence-electron chi connectivity index (χ1n) is 9.89. The van der Waals surface area contributed by atoms with E-state index in [4.69, 9.17) is 4.74 Å². The number of likely N-dealkylation sites (tertiary alicyclic amines) is 1. The zero-order chi connectivity index (χ0) is 22.0. The molecule has 6 heteroatoms. The monoisotopic (exact) mass is 408 g/mol. The van der Waals surface area contributed by atoms with Gasteiger partial charge >= 0.3 is 0 Å². The van der Waals surface area contributed by atoms with Crippen molar-refractivity contribution in [2.45, 2.75) is 19.9 Å². The number of benzene rings is 2. The Kier molecular flexibility index (Phi) is 6.27. The lowest BCUT2D eigenvalue weighted by Crippen LogP contribution is -2.35. The highest BCUT2D eigenvalue weighted by Crippen LogP contribution is 2.40. The molecule has 1 aliphatic rings. The quantitative estimate of drug-likeness (QED) is 0.451. The first kappa shape index (κ1) is 21.6. The molecule has 0 unspecified atom stereocenters. The molecule has 0 aliphatic carbocycles. The van der Waals surface area contributed by atoms with E-state index >= 15 is 0 Å². The third-order valence-corrected chi connectivity index (χ3v) is 5.41. The lowest BCUT2D eigenvalue weighted by Gasteiger charge is -2.26. The van der Waals surface area contributed by atoms with Crippen LogP contribution in [0, 0.1) is 13.8 Å². The van der Waals surface area contributed by atoms with Crippen LogP contribution in [0.2, 0.25) is 0 Å². The predicted octanol–water partition coefficient (Wildman–Crippen LogP) is 3.30. The molecule has 1 fully saturated rings. The van der Waals surface area contributed by atoms with Gasteiger partial charge in [-0.15, -0.1) is 0 Å². The Morgan fingerprint density at radius 1 is 1.10 bits per heavy atom. The fourth-order valence-corrected chi connectivity index (χ4v) is 3.69. The minimum absolute atomic E-state index is 0.121. The van der Waals surface area contributed by atoms with Gasteiger partial charge < -0.3 is 19.6 Å². The highest BCUT2D eigenvalue weighted by molar-refractivity contribution is 6.46. The van der Waals surface area contributed by atoms with E-state index < -0.39 is 17.7 Å². The van der Waals surface area contributed by atoms with E-state index in [-0.39, 0.29) is 11.3 Å². The highest BCUT2D eigenvalue weighted by atomic mass is 16.5. The highest BCUT2D eigenvalue weighted by Gasteiger charge is 2.45. The number of carbonyl (C=O) groups excluding carboxylic acids is 2. The molecule has 1 heterocycles. The van der Waals surface area contributed by atoms with Crippen molar-refractivity contribution in [3.63, 3.8) is 0 Å². The minimum Gasteiger partial charge on any atom is -0.507 e. The zero-order valence-corrected chi connectivity index (χ0v) is 18.1. The molecule has 1 saturated heterocycles.